The van der Waals surface area contributed by atoms with E-state index in [2.05, 4.69) is 19.7 Å². The third-order valence-electron chi connectivity index (χ3n) is 5.30. The number of aromatic nitrogens is 3. The van der Waals surface area contributed by atoms with Crippen LogP contribution in [0.1, 0.15) is 5.56 Å². The molecule has 0 unspecified atom stereocenters. The Labute approximate surface area is 190 Å². The molecule has 0 fully saturated rings. The molecule has 0 aliphatic rings. The van der Waals surface area contributed by atoms with E-state index in [1.54, 1.807) is 54.6 Å². The molecule has 0 amide bonds. The molecule has 0 atom stereocenters. The summed E-state index contributed by atoms with van der Waals surface area (Å²) in [6, 6.07) is 21.8. The summed E-state index contributed by atoms with van der Waals surface area (Å²) in [5, 5.41) is 0.773. The van der Waals surface area contributed by atoms with E-state index in [-0.39, 0.29) is 10.7 Å². The van der Waals surface area contributed by atoms with Crippen molar-refractivity contribution in [2.24, 2.45) is 0 Å². The van der Waals surface area contributed by atoms with Crippen molar-refractivity contribution in [3.05, 3.63) is 96.6 Å². The van der Waals surface area contributed by atoms with Crippen LogP contribution in [0.25, 0.3) is 33.5 Å². The van der Waals surface area contributed by atoms with Gasteiger partial charge in [-0.1, -0.05) is 29.8 Å². The first-order valence-electron chi connectivity index (χ1n) is 10.2. The molecule has 3 aromatic carbocycles. The second-order valence-corrected chi connectivity index (χ2v) is 9.36. The van der Waals surface area contributed by atoms with Crippen molar-refractivity contribution < 1.29 is 12.8 Å². The molecule has 0 saturated heterocycles. The number of fused-ring (bicyclic) bond motifs is 1. The fraction of sp³-hybridized carbons (Fsp3) is 0.0400. The van der Waals surface area contributed by atoms with E-state index in [9.17, 15) is 12.8 Å². The van der Waals surface area contributed by atoms with Gasteiger partial charge in [0.2, 0.25) is 0 Å². The Bertz CT molecular complexity index is 1560. The smallest absolute Gasteiger partial charge is 0.261 e. The van der Waals surface area contributed by atoms with E-state index in [0.717, 1.165) is 27.8 Å². The van der Waals surface area contributed by atoms with E-state index >= 15 is 0 Å². The third kappa shape index (κ3) is 4.20. The van der Waals surface area contributed by atoms with Crippen molar-refractivity contribution in [1.29, 1.82) is 0 Å². The van der Waals surface area contributed by atoms with Crippen LogP contribution in [0.3, 0.4) is 0 Å². The molecule has 0 saturated carbocycles. The van der Waals surface area contributed by atoms with Gasteiger partial charge < -0.3 is 4.98 Å². The Balaban J connectivity index is 1.51. The highest BCUT2D eigenvalue weighted by Gasteiger charge is 2.16. The maximum absolute atomic E-state index is 13.3. The largest absolute Gasteiger partial charge is 0.339 e. The molecule has 8 heteroatoms. The first kappa shape index (κ1) is 20.8. The Hall–Kier alpha value is -4.04. The SMILES string of the molecule is Cc1ccc(S(=O)(=O)Nc2cccc(-c3ncnc4[nH]c(-c5ccc(F)cc5)cc34)c2)cc1. The molecule has 0 aliphatic carbocycles. The summed E-state index contributed by atoms with van der Waals surface area (Å²) in [7, 11) is -3.73. The van der Waals surface area contributed by atoms with Crippen LogP contribution in [-0.2, 0) is 10.0 Å². The summed E-state index contributed by atoms with van der Waals surface area (Å²) in [6.45, 7) is 1.90. The van der Waals surface area contributed by atoms with Gasteiger partial charge in [-0.25, -0.2) is 22.8 Å². The Morgan fingerprint density at radius 3 is 2.39 bits per heavy atom. The number of hydrogen-bond donors (Lipinski definition) is 2. The normalized spacial score (nSPS) is 11.6. The molecule has 2 aromatic heterocycles. The number of benzene rings is 3. The fourth-order valence-electron chi connectivity index (χ4n) is 3.62. The Kier molecular flexibility index (Phi) is 5.14. The highest BCUT2D eigenvalue weighted by Crippen LogP contribution is 2.31. The summed E-state index contributed by atoms with van der Waals surface area (Å²) < 4.78 is 41.5. The lowest BCUT2D eigenvalue weighted by Gasteiger charge is -2.10. The van der Waals surface area contributed by atoms with Gasteiger partial charge in [-0.15, -0.1) is 0 Å². The van der Waals surface area contributed by atoms with Crippen LogP contribution in [0.4, 0.5) is 10.1 Å². The van der Waals surface area contributed by atoms with Gasteiger partial charge in [0, 0.05) is 22.3 Å². The summed E-state index contributed by atoms with van der Waals surface area (Å²) in [4.78, 5) is 12.2. The number of H-pyrrole nitrogens is 1. The lowest BCUT2D eigenvalue weighted by Crippen LogP contribution is -2.12. The number of rotatable bonds is 5. The van der Waals surface area contributed by atoms with E-state index in [4.69, 9.17) is 0 Å². The first-order chi connectivity index (χ1) is 15.9. The van der Waals surface area contributed by atoms with Gasteiger partial charge >= 0.3 is 0 Å². The van der Waals surface area contributed by atoms with Gasteiger partial charge in [-0.05, 0) is 67.1 Å². The molecule has 164 valence electrons. The zero-order valence-corrected chi connectivity index (χ0v) is 18.4. The second kappa shape index (κ2) is 8.14. The molecule has 33 heavy (non-hydrogen) atoms. The van der Waals surface area contributed by atoms with Gasteiger partial charge in [0.25, 0.3) is 10.0 Å². The van der Waals surface area contributed by atoms with Crippen molar-refractivity contribution in [3.8, 4) is 22.5 Å². The minimum absolute atomic E-state index is 0.192. The number of aromatic amines is 1. The van der Waals surface area contributed by atoms with Crippen LogP contribution in [0, 0.1) is 12.7 Å². The van der Waals surface area contributed by atoms with Gasteiger partial charge in [-0.2, -0.15) is 0 Å². The van der Waals surface area contributed by atoms with E-state index in [0.29, 0.717) is 17.0 Å². The number of hydrogen-bond acceptors (Lipinski definition) is 4. The van der Waals surface area contributed by atoms with Crippen LogP contribution in [0.15, 0.2) is 90.1 Å². The van der Waals surface area contributed by atoms with Gasteiger partial charge in [-0.3, -0.25) is 4.72 Å². The standard InChI is InChI=1S/C25H19FN4O2S/c1-16-5-11-21(12-6-16)33(31,32)30-20-4-2-3-18(13-20)24-22-14-23(29-25(22)28-15-27-24)17-7-9-19(26)10-8-17/h2-15,30H,1H3,(H,27,28,29). The highest BCUT2D eigenvalue weighted by atomic mass is 32.2. The molecule has 0 radical (unpaired) electrons. The molecule has 2 N–H and O–H groups in total. The summed E-state index contributed by atoms with van der Waals surface area (Å²) >= 11 is 0. The lowest BCUT2D eigenvalue weighted by molar-refractivity contribution is 0.601. The molecule has 0 spiro atoms. The van der Waals surface area contributed by atoms with Crippen molar-refractivity contribution >= 4 is 26.7 Å². The average Bonchev–Trinajstić information content (AvgIpc) is 3.24. The van der Waals surface area contributed by atoms with E-state index in [1.807, 2.05) is 19.1 Å². The third-order valence-corrected chi connectivity index (χ3v) is 6.70. The predicted molar refractivity (Wildman–Crippen MR) is 127 cm³/mol. The quantitative estimate of drug-likeness (QED) is 0.362. The van der Waals surface area contributed by atoms with E-state index in [1.165, 1.54) is 18.5 Å². The number of aryl methyl sites for hydroxylation is 1. The molecule has 5 rings (SSSR count). The monoisotopic (exact) mass is 458 g/mol. The number of halogens is 1. The summed E-state index contributed by atoms with van der Waals surface area (Å²) in [6.07, 6.45) is 1.45. The number of nitrogens with one attached hydrogen (secondary N) is 2. The predicted octanol–water partition coefficient (Wildman–Crippen LogP) is 5.54. The maximum Gasteiger partial charge on any atom is 0.261 e. The van der Waals surface area contributed by atoms with Crippen LogP contribution < -0.4 is 4.72 Å². The Morgan fingerprint density at radius 1 is 0.879 bits per heavy atom. The number of anilines is 1. The average molecular weight is 459 g/mol. The number of sulfonamides is 1. The van der Waals surface area contributed by atoms with Crippen LogP contribution in [-0.4, -0.2) is 23.4 Å². The number of nitrogens with zero attached hydrogens (tertiary/aromatic N) is 2. The first-order valence-corrected chi connectivity index (χ1v) is 11.7. The maximum atomic E-state index is 13.3. The lowest BCUT2D eigenvalue weighted by atomic mass is 10.1. The van der Waals surface area contributed by atoms with Crippen LogP contribution >= 0.6 is 0 Å². The zero-order valence-electron chi connectivity index (χ0n) is 17.6. The molecule has 2 heterocycles. The minimum Gasteiger partial charge on any atom is -0.339 e. The van der Waals surface area contributed by atoms with Crippen molar-refractivity contribution in [2.75, 3.05) is 4.72 Å². The Morgan fingerprint density at radius 2 is 1.64 bits per heavy atom. The molecule has 0 bridgehead atoms. The highest BCUT2D eigenvalue weighted by molar-refractivity contribution is 7.92. The molecular weight excluding hydrogens is 439 g/mol. The van der Waals surface area contributed by atoms with Crippen molar-refractivity contribution in [3.63, 3.8) is 0 Å². The molecule has 6 nitrogen and oxygen atoms in total. The topological polar surface area (TPSA) is 87.7 Å². The second-order valence-electron chi connectivity index (χ2n) is 7.67. The van der Waals surface area contributed by atoms with Crippen molar-refractivity contribution in [2.45, 2.75) is 11.8 Å². The fourth-order valence-corrected chi connectivity index (χ4v) is 4.67. The molecule has 0 aliphatic heterocycles. The van der Waals surface area contributed by atoms with Crippen molar-refractivity contribution in [1.82, 2.24) is 15.0 Å². The van der Waals surface area contributed by atoms with Gasteiger partial charge in [0.15, 0.2) is 0 Å². The van der Waals surface area contributed by atoms with Crippen LogP contribution in [0.2, 0.25) is 0 Å². The van der Waals surface area contributed by atoms with Crippen LogP contribution in [0.5, 0.6) is 0 Å². The van der Waals surface area contributed by atoms with Gasteiger partial charge in [0.05, 0.1) is 10.6 Å². The van der Waals surface area contributed by atoms with E-state index < -0.39 is 10.0 Å². The minimum atomic E-state index is -3.73. The summed E-state index contributed by atoms with van der Waals surface area (Å²) in [5.41, 5.74) is 5.02. The molecular formula is C25H19FN4O2S. The van der Waals surface area contributed by atoms with Gasteiger partial charge in [0.1, 0.15) is 17.8 Å². The summed E-state index contributed by atoms with van der Waals surface area (Å²) in [5.74, 6) is -0.305. The zero-order chi connectivity index (χ0) is 23.0. The molecule has 5 aromatic rings.